The maximum Gasteiger partial charge on any atom is 0.0308 e. The minimum absolute atomic E-state index is 0.914. The van der Waals surface area contributed by atoms with E-state index in [1.807, 2.05) is 19.2 Å². The predicted octanol–water partition coefficient (Wildman–Crippen LogP) is 2.10. The Bertz CT molecular complexity index is 180. The Balaban J connectivity index is 4.07. The molecule has 0 spiro atoms. The molecule has 0 aromatic rings. The second kappa shape index (κ2) is 6.80. The van der Waals surface area contributed by atoms with Crippen LogP contribution < -0.4 is 0 Å². The fraction of sp³-hybridized carbons (Fsp3) is 0.500. The van der Waals surface area contributed by atoms with Crippen LogP contribution in [-0.4, -0.2) is 31.3 Å². The van der Waals surface area contributed by atoms with Crippen molar-refractivity contribution in [2.24, 2.45) is 4.99 Å². The molecule has 0 fully saturated rings. The number of aliphatic imine (C=N–C) groups is 1. The van der Waals surface area contributed by atoms with Gasteiger partial charge >= 0.3 is 0 Å². The smallest absolute Gasteiger partial charge is 0.0308 e. The predicted molar refractivity (Wildman–Crippen MR) is 55.6 cm³/mol. The van der Waals surface area contributed by atoms with Crippen molar-refractivity contribution in [2.75, 3.05) is 20.1 Å². The lowest BCUT2D eigenvalue weighted by atomic mass is 10.2. The Hall–Kier alpha value is -0.890. The molecular weight excluding hydrogens is 148 g/mol. The highest BCUT2D eigenvalue weighted by Crippen LogP contribution is 1.98. The quantitative estimate of drug-likeness (QED) is 0.451. The van der Waals surface area contributed by atoms with Crippen molar-refractivity contribution in [3.05, 3.63) is 24.4 Å². The molecule has 0 rings (SSSR count). The van der Waals surface area contributed by atoms with Gasteiger partial charge in [-0.1, -0.05) is 19.6 Å². The molecule has 0 aromatic carbocycles. The van der Waals surface area contributed by atoms with Gasteiger partial charge < -0.3 is 4.90 Å². The van der Waals surface area contributed by atoms with Gasteiger partial charge in [-0.2, -0.15) is 0 Å². The summed E-state index contributed by atoms with van der Waals surface area (Å²) >= 11 is 0. The Morgan fingerprint density at radius 2 is 2.25 bits per heavy atom. The van der Waals surface area contributed by atoms with E-state index in [0.717, 1.165) is 18.7 Å². The summed E-state index contributed by atoms with van der Waals surface area (Å²) in [6.45, 7) is 9.72. The van der Waals surface area contributed by atoms with Crippen LogP contribution in [0.4, 0.5) is 0 Å². The zero-order valence-corrected chi connectivity index (χ0v) is 8.25. The van der Waals surface area contributed by atoms with Gasteiger partial charge in [-0.25, -0.2) is 0 Å². The van der Waals surface area contributed by atoms with Gasteiger partial charge in [-0.05, 0) is 26.1 Å². The van der Waals surface area contributed by atoms with Gasteiger partial charge in [0.05, 0.1) is 0 Å². The molecule has 0 aliphatic carbocycles. The number of likely N-dealkylation sites (N-methyl/N-ethyl adjacent to an activating group) is 1. The van der Waals surface area contributed by atoms with Crippen LogP contribution in [0, 0.1) is 0 Å². The van der Waals surface area contributed by atoms with E-state index in [9.17, 15) is 0 Å². The van der Waals surface area contributed by atoms with Crippen LogP contribution in [0.2, 0.25) is 0 Å². The molecule has 0 radical (unpaired) electrons. The molecule has 0 aromatic heterocycles. The first-order valence-corrected chi connectivity index (χ1v) is 4.22. The van der Waals surface area contributed by atoms with Crippen LogP contribution in [0.15, 0.2) is 29.4 Å². The minimum Gasteiger partial charge on any atom is -0.302 e. The molecule has 0 bridgehead atoms. The summed E-state index contributed by atoms with van der Waals surface area (Å²) in [5.74, 6) is 0. The van der Waals surface area contributed by atoms with E-state index in [-0.39, 0.29) is 0 Å². The molecule has 0 amide bonds. The van der Waals surface area contributed by atoms with Gasteiger partial charge in [-0.3, -0.25) is 4.99 Å². The first-order chi connectivity index (χ1) is 5.74. The first-order valence-electron chi connectivity index (χ1n) is 4.22. The standard InChI is InChI=1S/C10H18N2/c1-5-10(8-11-6-2)9-12(4)7-3/h5-6,8H,1,7,9H2,2-4H3/b10-8+,11-6?. The van der Waals surface area contributed by atoms with Gasteiger partial charge in [0.25, 0.3) is 0 Å². The highest BCUT2D eigenvalue weighted by Gasteiger charge is 1.95. The Morgan fingerprint density at radius 1 is 1.58 bits per heavy atom. The average molecular weight is 166 g/mol. The van der Waals surface area contributed by atoms with Crippen molar-refractivity contribution in [2.45, 2.75) is 13.8 Å². The molecule has 68 valence electrons. The largest absolute Gasteiger partial charge is 0.302 e. The van der Waals surface area contributed by atoms with Gasteiger partial charge in [0.2, 0.25) is 0 Å². The van der Waals surface area contributed by atoms with E-state index < -0.39 is 0 Å². The van der Waals surface area contributed by atoms with E-state index >= 15 is 0 Å². The average Bonchev–Trinajstić information content (AvgIpc) is 2.11. The molecule has 0 N–H and O–H groups in total. The van der Waals surface area contributed by atoms with Crippen molar-refractivity contribution >= 4 is 6.21 Å². The molecule has 2 heteroatoms. The SMILES string of the molecule is C=C/C(=C\N=CC)CN(C)CC. The summed E-state index contributed by atoms with van der Waals surface area (Å²) < 4.78 is 0. The lowest BCUT2D eigenvalue weighted by molar-refractivity contribution is 0.386. The van der Waals surface area contributed by atoms with Gasteiger partial charge in [-0.15, -0.1) is 0 Å². The molecular formula is C10H18N2. The summed E-state index contributed by atoms with van der Waals surface area (Å²) in [4.78, 5) is 6.25. The molecule has 0 atom stereocenters. The molecule has 0 heterocycles. The third-order valence-corrected chi connectivity index (χ3v) is 1.64. The highest BCUT2D eigenvalue weighted by atomic mass is 15.1. The molecule has 0 aliphatic rings. The third-order valence-electron chi connectivity index (χ3n) is 1.64. The van der Waals surface area contributed by atoms with Crippen molar-refractivity contribution in [1.82, 2.24) is 4.90 Å². The summed E-state index contributed by atoms with van der Waals surface area (Å²) in [7, 11) is 2.08. The highest BCUT2D eigenvalue weighted by molar-refractivity contribution is 5.54. The monoisotopic (exact) mass is 166 g/mol. The molecule has 0 unspecified atom stereocenters. The molecule has 0 saturated carbocycles. The lowest BCUT2D eigenvalue weighted by Gasteiger charge is -2.13. The van der Waals surface area contributed by atoms with Crippen molar-refractivity contribution in [3.8, 4) is 0 Å². The summed E-state index contributed by atoms with van der Waals surface area (Å²) in [5.41, 5.74) is 1.15. The van der Waals surface area contributed by atoms with E-state index in [1.165, 1.54) is 0 Å². The molecule has 0 aliphatic heterocycles. The lowest BCUT2D eigenvalue weighted by Crippen LogP contribution is -2.19. The molecule has 0 saturated heterocycles. The second-order valence-corrected chi connectivity index (χ2v) is 2.65. The Kier molecular flexibility index (Phi) is 6.29. The fourth-order valence-corrected chi connectivity index (χ4v) is 0.752. The summed E-state index contributed by atoms with van der Waals surface area (Å²) in [5, 5.41) is 0. The Morgan fingerprint density at radius 3 is 2.67 bits per heavy atom. The van der Waals surface area contributed by atoms with E-state index in [2.05, 4.69) is 30.4 Å². The second-order valence-electron chi connectivity index (χ2n) is 2.65. The number of hydrogen-bond acceptors (Lipinski definition) is 2. The van der Waals surface area contributed by atoms with Crippen LogP contribution >= 0.6 is 0 Å². The van der Waals surface area contributed by atoms with E-state index in [0.29, 0.717) is 0 Å². The number of rotatable bonds is 5. The van der Waals surface area contributed by atoms with Crippen LogP contribution in [0.1, 0.15) is 13.8 Å². The van der Waals surface area contributed by atoms with Gasteiger partial charge in [0.1, 0.15) is 0 Å². The van der Waals surface area contributed by atoms with Crippen molar-refractivity contribution in [3.63, 3.8) is 0 Å². The van der Waals surface area contributed by atoms with E-state index in [1.54, 1.807) is 6.21 Å². The summed E-state index contributed by atoms with van der Waals surface area (Å²) in [6, 6.07) is 0. The maximum atomic E-state index is 4.05. The molecule has 2 nitrogen and oxygen atoms in total. The van der Waals surface area contributed by atoms with Gasteiger partial charge in [0, 0.05) is 19.0 Å². The van der Waals surface area contributed by atoms with E-state index in [4.69, 9.17) is 0 Å². The van der Waals surface area contributed by atoms with Gasteiger partial charge in [0.15, 0.2) is 0 Å². The fourth-order valence-electron chi connectivity index (χ4n) is 0.752. The maximum absolute atomic E-state index is 4.05. The zero-order valence-electron chi connectivity index (χ0n) is 8.25. The van der Waals surface area contributed by atoms with Crippen LogP contribution in [0.3, 0.4) is 0 Å². The summed E-state index contributed by atoms with van der Waals surface area (Å²) in [6.07, 6.45) is 5.47. The third kappa shape index (κ3) is 4.85. The first kappa shape index (κ1) is 11.1. The zero-order chi connectivity index (χ0) is 9.40. The van der Waals surface area contributed by atoms with Crippen LogP contribution in [0.5, 0.6) is 0 Å². The van der Waals surface area contributed by atoms with Crippen LogP contribution in [0.25, 0.3) is 0 Å². The number of hydrogen-bond donors (Lipinski definition) is 0. The van der Waals surface area contributed by atoms with Crippen LogP contribution in [-0.2, 0) is 0 Å². The minimum atomic E-state index is 0.914. The number of nitrogens with zero attached hydrogens (tertiary/aromatic N) is 2. The van der Waals surface area contributed by atoms with Crippen molar-refractivity contribution in [1.29, 1.82) is 0 Å². The Labute approximate surface area is 75.3 Å². The normalized spacial score (nSPS) is 12.8. The molecule has 12 heavy (non-hydrogen) atoms. The van der Waals surface area contributed by atoms with Crippen molar-refractivity contribution < 1.29 is 0 Å². The topological polar surface area (TPSA) is 15.6 Å².